The van der Waals surface area contributed by atoms with Crippen molar-refractivity contribution in [2.75, 3.05) is 19.8 Å². The number of unbranched alkanes of at least 4 members (excludes halogenated alkanes) is 31. The fraction of sp³-hybridized carbons (Fsp3) is 0.825. The second-order valence-electron chi connectivity index (χ2n) is 18.1. The standard InChI is InChI=1S/C57H104O5/c1-4-7-10-13-16-19-22-24-26-27-28-29-30-32-34-37-40-43-46-49-52-60-53-55(62-57(59)51-48-45-42-39-35-21-18-15-12-9-6-3)54-61-56(58)50-47-44-41-38-36-33-31-25-23-20-17-14-11-8-5-2/h15-16,18-19,24-26,31,55H,4-14,17,20-23,27-30,32-54H2,1-3H3/b18-15-,19-16-,26-24-,31-25-. The molecular formula is C57H104O5. The van der Waals surface area contributed by atoms with Gasteiger partial charge in [-0.3, -0.25) is 9.59 Å². The van der Waals surface area contributed by atoms with Crippen molar-refractivity contribution >= 4 is 11.9 Å². The van der Waals surface area contributed by atoms with Crippen LogP contribution in [0.2, 0.25) is 0 Å². The van der Waals surface area contributed by atoms with Gasteiger partial charge in [-0.2, -0.15) is 0 Å². The van der Waals surface area contributed by atoms with Gasteiger partial charge < -0.3 is 14.2 Å². The molecule has 0 heterocycles. The molecule has 0 fully saturated rings. The molecule has 0 aliphatic carbocycles. The first kappa shape index (κ1) is 59.9. The van der Waals surface area contributed by atoms with Crippen molar-refractivity contribution in [3.05, 3.63) is 48.6 Å². The summed E-state index contributed by atoms with van der Waals surface area (Å²) in [6.45, 7) is 7.77. The third kappa shape index (κ3) is 50.5. The third-order valence-corrected chi connectivity index (χ3v) is 11.8. The van der Waals surface area contributed by atoms with Crippen LogP contribution in [0.3, 0.4) is 0 Å². The Labute approximate surface area is 386 Å². The minimum absolute atomic E-state index is 0.0783. The van der Waals surface area contributed by atoms with Crippen LogP contribution in [-0.4, -0.2) is 37.9 Å². The molecule has 0 aromatic heterocycles. The average molecular weight is 869 g/mol. The summed E-state index contributed by atoms with van der Waals surface area (Å²) in [6, 6.07) is 0. The zero-order chi connectivity index (χ0) is 44.9. The van der Waals surface area contributed by atoms with Gasteiger partial charge in [0.2, 0.25) is 0 Å². The molecule has 0 aromatic rings. The normalized spacial score (nSPS) is 12.5. The largest absolute Gasteiger partial charge is 0.462 e. The number of rotatable bonds is 50. The molecule has 5 nitrogen and oxygen atoms in total. The number of hydrogen-bond donors (Lipinski definition) is 0. The van der Waals surface area contributed by atoms with Crippen LogP contribution in [0.25, 0.3) is 0 Å². The van der Waals surface area contributed by atoms with E-state index >= 15 is 0 Å². The molecule has 5 heteroatoms. The van der Waals surface area contributed by atoms with Crippen LogP contribution in [0.1, 0.15) is 278 Å². The highest BCUT2D eigenvalue weighted by Gasteiger charge is 2.17. The van der Waals surface area contributed by atoms with Gasteiger partial charge in [0.1, 0.15) is 6.61 Å². The predicted molar refractivity (Wildman–Crippen MR) is 270 cm³/mol. The molecule has 0 radical (unpaired) electrons. The van der Waals surface area contributed by atoms with Crippen molar-refractivity contribution in [1.29, 1.82) is 0 Å². The Kier molecular flexibility index (Phi) is 51.4. The summed E-state index contributed by atoms with van der Waals surface area (Å²) in [7, 11) is 0. The SMILES string of the molecule is CCCC/C=C\CCCCCCCC(=O)OC(COCCCCCCCCCCCC/C=C\C/C=C\CCCCC)COC(=O)CCCCCCC/C=C\CCCCCCCC. The highest BCUT2D eigenvalue weighted by molar-refractivity contribution is 5.70. The smallest absolute Gasteiger partial charge is 0.306 e. The molecule has 0 rings (SSSR count). The number of carbonyl (C=O) groups is 2. The summed E-state index contributed by atoms with van der Waals surface area (Å²) in [5.74, 6) is -0.410. The zero-order valence-electron chi connectivity index (χ0n) is 41.6. The number of ether oxygens (including phenoxy) is 3. The first-order valence-electron chi connectivity index (χ1n) is 27.2. The topological polar surface area (TPSA) is 61.8 Å². The highest BCUT2D eigenvalue weighted by Crippen LogP contribution is 2.15. The van der Waals surface area contributed by atoms with Crippen LogP contribution in [0.15, 0.2) is 48.6 Å². The first-order valence-corrected chi connectivity index (χ1v) is 27.2. The molecule has 0 aromatic carbocycles. The molecule has 0 saturated carbocycles. The van der Waals surface area contributed by atoms with Crippen LogP contribution in [-0.2, 0) is 23.8 Å². The zero-order valence-corrected chi connectivity index (χ0v) is 41.6. The summed E-state index contributed by atoms with van der Waals surface area (Å²) in [6.07, 6.45) is 65.5. The van der Waals surface area contributed by atoms with E-state index in [1.165, 1.54) is 173 Å². The lowest BCUT2D eigenvalue weighted by Gasteiger charge is -2.18. The molecule has 1 atom stereocenters. The van der Waals surface area contributed by atoms with E-state index in [4.69, 9.17) is 14.2 Å². The van der Waals surface area contributed by atoms with E-state index in [0.29, 0.717) is 19.4 Å². The van der Waals surface area contributed by atoms with Gasteiger partial charge in [-0.1, -0.05) is 217 Å². The quantitative estimate of drug-likeness (QED) is 0.0346. The van der Waals surface area contributed by atoms with Crippen molar-refractivity contribution in [3.8, 4) is 0 Å². The molecular weight excluding hydrogens is 765 g/mol. The summed E-state index contributed by atoms with van der Waals surface area (Å²) < 4.78 is 17.4. The first-order chi connectivity index (χ1) is 30.6. The summed E-state index contributed by atoms with van der Waals surface area (Å²) in [5, 5.41) is 0. The van der Waals surface area contributed by atoms with Gasteiger partial charge in [0, 0.05) is 19.4 Å². The van der Waals surface area contributed by atoms with E-state index in [0.717, 1.165) is 70.6 Å². The Morgan fingerprint density at radius 3 is 1.16 bits per heavy atom. The lowest BCUT2D eigenvalue weighted by atomic mass is 10.1. The van der Waals surface area contributed by atoms with Gasteiger partial charge in [-0.05, 0) is 96.3 Å². The van der Waals surface area contributed by atoms with Crippen LogP contribution in [0.4, 0.5) is 0 Å². The Bertz CT molecular complexity index is 1030. The highest BCUT2D eigenvalue weighted by atomic mass is 16.6. The maximum atomic E-state index is 12.8. The Morgan fingerprint density at radius 2 is 0.694 bits per heavy atom. The van der Waals surface area contributed by atoms with Gasteiger partial charge in [-0.15, -0.1) is 0 Å². The third-order valence-electron chi connectivity index (χ3n) is 11.8. The number of carbonyl (C=O) groups excluding carboxylic acids is 2. The molecule has 0 spiro atoms. The van der Waals surface area contributed by atoms with E-state index in [1.807, 2.05) is 0 Å². The van der Waals surface area contributed by atoms with Crippen molar-refractivity contribution in [2.24, 2.45) is 0 Å². The minimum atomic E-state index is -0.543. The Balaban J connectivity index is 4.21. The van der Waals surface area contributed by atoms with E-state index < -0.39 is 6.10 Å². The molecule has 1 unspecified atom stereocenters. The lowest BCUT2D eigenvalue weighted by molar-refractivity contribution is -0.163. The molecule has 62 heavy (non-hydrogen) atoms. The second kappa shape index (κ2) is 53.2. The van der Waals surface area contributed by atoms with E-state index in [-0.39, 0.29) is 25.2 Å². The number of allylic oxidation sites excluding steroid dienone is 8. The molecule has 0 bridgehead atoms. The van der Waals surface area contributed by atoms with Crippen LogP contribution < -0.4 is 0 Å². The van der Waals surface area contributed by atoms with Crippen molar-refractivity contribution in [3.63, 3.8) is 0 Å². The Morgan fingerprint density at radius 1 is 0.355 bits per heavy atom. The van der Waals surface area contributed by atoms with Crippen LogP contribution in [0.5, 0.6) is 0 Å². The minimum Gasteiger partial charge on any atom is -0.462 e. The molecule has 0 N–H and O–H groups in total. The monoisotopic (exact) mass is 869 g/mol. The molecule has 0 saturated heterocycles. The summed E-state index contributed by atoms with van der Waals surface area (Å²) >= 11 is 0. The fourth-order valence-corrected chi connectivity index (χ4v) is 7.69. The van der Waals surface area contributed by atoms with Crippen molar-refractivity contribution in [1.82, 2.24) is 0 Å². The Hall–Kier alpha value is -2.14. The predicted octanol–water partition coefficient (Wildman–Crippen LogP) is 18.3. The van der Waals surface area contributed by atoms with Crippen molar-refractivity contribution < 1.29 is 23.8 Å². The maximum absolute atomic E-state index is 12.8. The van der Waals surface area contributed by atoms with Crippen molar-refractivity contribution in [2.45, 2.75) is 284 Å². The summed E-state index contributed by atoms with van der Waals surface area (Å²) in [4.78, 5) is 25.4. The van der Waals surface area contributed by atoms with E-state index in [9.17, 15) is 9.59 Å². The fourth-order valence-electron chi connectivity index (χ4n) is 7.69. The second-order valence-corrected chi connectivity index (χ2v) is 18.1. The molecule has 0 amide bonds. The van der Waals surface area contributed by atoms with Crippen LogP contribution >= 0.6 is 0 Å². The van der Waals surface area contributed by atoms with Gasteiger partial charge in [0.05, 0.1) is 6.61 Å². The number of esters is 2. The van der Waals surface area contributed by atoms with Crippen LogP contribution in [0, 0.1) is 0 Å². The van der Waals surface area contributed by atoms with Gasteiger partial charge in [0.25, 0.3) is 0 Å². The van der Waals surface area contributed by atoms with Gasteiger partial charge >= 0.3 is 11.9 Å². The van der Waals surface area contributed by atoms with E-state index in [2.05, 4.69) is 69.4 Å². The maximum Gasteiger partial charge on any atom is 0.306 e. The summed E-state index contributed by atoms with van der Waals surface area (Å²) in [5.41, 5.74) is 0. The number of hydrogen-bond acceptors (Lipinski definition) is 5. The lowest BCUT2D eigenvalue weighted by Crippen LogP contribution is -2.30. The molecule has 0 aliphatic rings. The molecule has 362 valence electrons. The van der Waals surface area contributed by atoms with Gasteiger partial charge in [0.15, 0.2) is 6.10 Å². The average Bonchev–Trinajstić information content (AvgIpc) is 3.27. The van der Waals surface area contributed by atoms with E-state index in [1.54, 1.807) is 0 Å². The van der Waals surface area contributed by atoms with Gasteiger partial charge in [-0.25, -0.2) is 0 Å². The molecule has 0 aliphatic heterocycles.